The number of anilines is 1. The van der Waals surface area contributed by atoms with Crippen molar-refractivity contribution in [1.82, 2.24) is 4.90 Å². The summed E-state index contributed by atoms with van der Waals surface area (Å²) in [6.07, 6.45) is 4.75. The van der Waals surface area contributed by atoms with Gasteiger partial charge in [-0.1, -0.05) is 36.9 Å². The molecular formula is C25H25ClN2O4. The van der Waals surface area contributed by atoms with Crippen molar-refractivity contribution in [2.75, 3.05) is 5.32 Å². The SMILES string of the molecule is Cc1cc(C)cc(OC(=O)c2ccc(NC3=C(Cl)C(=O)N(C4CCCCC4)C3=O)cc2)c1. The lowest BCUT2D eigenvalue weighted by Gasteiger charge is -2.29. The predicted molar refractivity (Wildman–Crippen MR) is 123 cm³/mol. The van der Waals surface area contributed by atoms with Crippen molar-refractivity contribution in [1.29, 1.82) is 0 Å². The van der Waals surface area contributed by atoms with Gasteiger partial charge < -0.3 is 10.1 Å². The number of hydrogen-bond acceptors (Lipinski definition) is 5. The fourth-order valence-electron chi connectivity index (χ4n) is 4.29. The molecule has 2 aliphatic rings. The lowest BCUT2D eigenvalue weighted by molar-refractivity contribution is -0.140. The molecule has 2 aromatic carbocycles. The summed E-state index contributed by atoms with van der Waals surface area (Å²) in [5, 5.41) is 2.86. The fourth-order valence-corrected chi connectivity index (χ4v) is 4.51. The molecule has 6 nitrogen and oxygen atoms in total. The molecule has 1 saturated carbocycles. The summed E-state index contributed by atoms with van der Waals surface area (Å²) in [7, 11) is 0. The minimum atomic E-state index is -0.477. The number of amides is 2. The second kappa shape index (κ2) is 9.17. The van der Waals surface area contributed by atoms with Crippen LogP contribution in [0.1, 0.15) is 53.6 Å². The van der Waals surface area contributed by atoms with Gasteiger partial charge in [-0.25, -0.2) is 4.79 Å². The Morgan fingerprint density at radius 1 is 0.969 bits per heavy atom. The number of nitrogens with zero attached hydrogens (tertiary/aromatic N) is 1. The first-order valence-corrected chi connectivity index (χ1v) is 11.2. The number of imide groups is 1. The van der Waals surface area contributed by atoms with Crippen molar-refractivity contribution in [3.63, 3.8) is 0 Å². The van der Waals surface area contributed by atoms with E-state index in [1.807, 2.05) is 19.9 Å². The topological polar surface area (TPSA) is 75.7 Å². The molecule has 7 heteroatoms. The number of aryl methyl sites for hydroxylation is 2. The van der Waals surface area contributed by atoms with Crippen LogP contribution in [0.25, 0.3) is 0 Å². The third-order valence-corrected chi connectivity index (χ3v) is 6.14. The third-order valence-electron chi connectivity index (χ3n) is 5.79. The molecule has 0 radical (unpaired) electrons. The summed E-state index contributed by atoms with van der Waals surface area (Å²) in [5.41, 5.74) is 3.01. The molecule has 1 N–H and O–H groups in total. The average Bonchev–Trinajstić information content (AvgIpc) is 2.97. The molecule has 1 heterocycles. The van der Waals surface area contributed by atoms with Crippen LogP contribution in [-0.2, 0) is 9.59 Å². The molecule has 32 heavy (non-hydrogen) atoms. The van der Waals surface area contributed by atoms with Crippen molar-refractivity contribution >= 4 is 35.1 Å². The van der Waals surface area contributed by atoms with Crippen molar-refractivity contribution in [3.8, 4) is 5.75 Å². The molecular weight excluding hydrogens is 428 g/mol. The van der Waals surface area contributed by atoms with E-state index in [1.165, 1.54) is 4.90 Å². The Kier molecular flexibility index (Phi) is 6.33. The first-order valence-electron chi connectivity index (χ1n) is 10.8. The number of halogens is 1. The van der Waals surface area contributed by atoms with Crippen LogP contribution in [0.2, 0.25) is 0 Å². The van der Waals surface area contributed by atoms with Crippen LogP contribution in [0.4, 0.5) is 5.69 Å². The van der Waals surface area contributed by atoms with E-state index >= 15 is 0 Å². The first-order chi connectivity index (χ1) is 15.3. The number of benzene rings is 2. The van der Waals surface area contributed by atoms with Crippen molar-refractivity contribution in [3.05, 3.63) is 69.9 Å². The van der Waals surface area contributed by atoms with E-state index in [1.54, 1.807) is 36.4 Å². The Bertz CT molecular complexity index is 1080. The van der Waals surface area contributed by atoms with Crippen LogP contribution >= 0.6 is 11.6 Å². The van der Waals surface area contributed by atoms with Crippen LogP contribution in [0.5, 0.6) is 5.75 Å². The molecule has 0 aromatic heterocycles. The van der Waals surface area contributed by atoms with E-state index in [0.717, 1.165) is 43.2 Å². The van der Waals surface area contributed by atoms with Gasteiger partial charge in [-0.3, -0.25) is 14.5 Å². The molecule has 2 amide bonds. The van der Waals surface area contributed by atoms with Gasteiger partial charge in [0.05, 0.1) is 5.56 Å². The summed E-state index contributed by atoms with van der Waals surface area (Å²) >= 11 is 6.22. The summed E-state index contributed by atoms with van der Waals surface area (Å²) in [5.74, 6) is -0.830. The van der Waals surface area contributed by atoms with Crippen LogP contribution in [0, 0.1) is 13.8 Å². The lowest BCUT2D eigenvalue weighted by atomic mass is 9.94. The highest BCUT2D eigenvalue weighted by molar-refractivity contribution is 6.48. The number of esters is 1. The van der Waals surface area contributed by atoms with Gasteiger partial charge in [0.15, 0.2) is 0 Å². The van der Waals surface area contributed by atoms with E-state index < -0.39 is 17.8 Å². The second-order valence-electron chi connectivity index (χ2n) is 8.38. The predicted octanol–water partition coefficient (Wildman–Crippen LogP) is 5.09. The normalized spacial score (nSPS) is 17.2. The Hall–Kier alpha value is -3.12. The van der Waals surface area contributed by atoms with Crippen LogP contribution in [-0.4, -0.2) is 28.7 Å². The maximum Gasteiger partial charge on any atom is 0.343 e. The molecule has 1 aliphatic heterocycles. The quantitative estimate of drug-likeness (QED) is 0.388. The van der Waals surface area contributed by atoms with E-state index in [2.05, 4.69) is 5.32 Å². The summed E-state index contributed by atoms with van der Waals surface area (Å²) in [4.78, 5) is 39.3. The number of hydrogen-bond donors (Lipinski definition) is 1. The zero-order valence-corrected chi connectivity index (χ0v) is 18.9. The average molecular weight is 453 g/mol. The van der Waals surface area contributed by atoms with E-state index in [9.17, 15) is 14.4 Å². The lowest BCUT2D eigenvalue weighted by Crippen LogP contribution is -2.42. The van der Waals surface area contributed by atoms with Crippen molar-refractivity contribution in [2.24, 2.45) is 0 Å². The largest absolute Gasteiger partial charge is 0.423 e. The minimum Gasteiger partial charge on any atom is -0.423 e. The van der Waals surface area contributed by atoms with E-state index in [-0.39, 0.29) is 16.8 Å². The van der Waals surface area contributed by atoms with Gasteiger partial charge in [0, 0.05) is 11.7 Å². The molecule has 0 spiro atoms. The third kappa shape index (κ3) is 4.55. The second-order valence-corrected chi connectivity index (χ2v) is 8.75. The standard InChI is InChI=1S/C25H25ClN2O4/c1-15-12-16(2)14-20(13-15)32-25(31)17-8-10-18(11-9-17)27-22-21(26)23(29)28(24(22)30)19-6-4-3-5-7-19/h8-14,19,27H,3-7H2,1-2H3. The Balaban J connectivity index is 1.44. The number of ether oxygens (including phenoxy) is 1. The van der Waals surface area contributed by atoms with Gasteiger partial charge in [0.1, 0.15) is 16.5 Å². The fraction of sp³-hybridized carbons (Fsp3) is 0.320. The van der Waals surface area contributed by atoms with Crippen molar-refractivity contribution in [2.45, 2.75) is 52.0 Å². The molecule has 4 rings (SSSR count). The highest BCUT2D eigenvalue weighted by Crippen LogP contribution is 2.32. The van der Waals surface area contributed by atoms with Gasteiger partial charge >= 0.3 is 5.97 Å². The Morgan fingerprint density at radius 3 is 2.22 bits per heavy atom. The number of carbonyl (C=O) groups excluding carboxylic acids is 3. The molecule has 2 aromatic rings. The number of nitrogens with one attached hydrogen (secondary N) is 1. The van der Waals surface area contributed by atoms with Gasteiger partial charge in [0.2, 0.25) is 0 Å². The van der Waals surface area contributed by atoms with E-state index in [4.69, 9.17) is 16.3 Å². The van der Waals surface area contributed by atoms with Crippen LogP contribution < -0.4 is 10.1 Å². The zero-order valence-electron chi connectivity index (χ0n) is 18.1. The maximum absolute atomic E-state index is 12.9. The number of rotatable bonds is 5. The first kappa shape index (κ1) is 22.1. The zero-order chi connectivity index (χ0) is 22.8. The van der Waals surface area contributed by atoms with Gasteiger partial charge in [-0.15, -0.1) is 0 Å². The van der Waals surface area contributed by atoms with Crippen LogP contribution in [0.3, 0.4) is 0 Å². The Morgan fingerprint density at radius 2 is 1.59 bits per heavy atom. The molecule has 0 saturated heterocycles. The maximum atomic E-state index is 12.9. The molecule has 0 unspecified atom stereocenters. The molecule has 1 fully saturated rings. The smallest absolute Gasteiger partial charge is 0.343 e. The van der Waals surface area contributed by atoms with Gasteiger partial charge in [-0.05, 0) is 74.2 Å². The molecule has 1 aliphatic carbocycles. The van der Waals surface area contributed by atoms with Gasteiger partial charge in [-0.2, -0.15) is 0 Å². The monoisotopic (exact) mass is 452 g/mol. The van der Waals surface area contributed by atoms with E-state index in [0.29, 0.717) is 17.0 Å². The number of carbonyl (C=O) groups is 3. The molecule has 166 valence electrons. The summed E-state index contributed by atoms with van der Waals surface area (Å²) in [6, 6.07) is 12.0. The highest BCUT2D eigenvalue weighted by atomic mass is 35.5. The van der Waals surface area contributed by atoms with Crippen molar-refractivity contribution < 1.29 is 19.1 Å². The Labute approximate surface area is 192 Å². The highest BCUT2D eigenvalue weighted by Gasteiger charge is 2.42. The molecule has 0 atom stereocenters. The summed E-state index contributed by atoms with van der Waals surface area (Å²) < 4.78 is 5.47. The minimum absolute atomic E-state index is 0.0767. The molecule has 0 bridgehead atoms. The van der Waals surface area contributed by atoms with Crippen LogP contribution in [0.15, 0.2) is 53.2 Å². The van der Waals surface area contributed by atoms with Gasteiger partial charge in [0.25, 0.3) is 11.8 Å². The summed E-state index contributed by atoms with van der Waals surface area (Å²) in [6.45, 7) is 3.88.